The second kappa shape index (κ2) is 6.65. The third-order valence-electron chi connectivity index (χ3n) is 4.91. The molecule has 0 bridgehead atoms. The largest absolute Gasteiger partial charge is 0.377 e. The highest BCUT2D eigenvalue weighted by molar-refractivity contribution is 5.77. The van der Waals surface area contributed by atoms with Crippen molar-refractivity contribution in [2.75, 3.05) is 37.7 Å². The van der Waals surface area contributed by atoms with Crippen LogP contribution in [0.1, 0.15) is 23.7 Å². The number of hydrogen-bond acceptors (Lipinski definition) is 4. The molecule has 0 aliphatic carbocycles. The number of carbonyl (C=O) groups excluding carboxylic acids is 1. The number of anilines is 1. The molecule has 3 heterocycles. The molecular formula is C18H22N4O2. The first kappa shape index (κ1) is 15.2. The number of rotatable bonds is 4. The molecule has 1 aromatic carbocycles. The van der Waals surface area contributed by atoms with E-state index in [1.165, 1.54) is 11.3 Å². The number of aromatic amines is 1. The number of para-hydroxylation sites is 1. The van der Waals surface area contributed by atoms with Crippen molar-refractivity contribution in [2.45, 2.75) is 18.9 Å². The second-order valence-electron chi connectivity index (χ2n) is 6.31. The van der Waals surface area contributed by atoms with Crippen LogP contribution >= 0.6 is 0 Å². The molecule has 1 unspecified atom stereocenters. The van der Waals surface area contributed by atoms with Gasteiger partial charge in [0.15, 0.2) is 0 Å². The highest BCUT2D eigenvalue weighted by atomic mass is 16.5. The van der Waals surface area contributed by atoms with Crippen LogP contribution in [0.15, 0.2) is 36.5 Å². The number of nitrogens with one attached hydrogen (secondary N) is 1. The van der Waals surface area contributed by atoms with Crippen LogP contribution in [0.5, 0.6) is 0 Å². The van der Waals surface area contributed by atoms with Crippen molar-refractivity contribution in [3.05, 3.63) is 47.8 Å². The van der Waals surface area contributed by atoms with Gasteiger partial charge in [-0.1, -0.05) is 18.2 Å². The van der Waals surface area contributed by atoms with E-state index in [2.05, 4.69) is 39.4 Å². The maximum absolute atomic E-state index is 12.8. The smallest absolute Gasteiger partial charge is 0.225 e. The van der Waals surface area contributed by atoms with Gasteiger partial charge in [0.25, 0.3) is 0 Å². The zero-order chi connectivity index (χ0) is 16.4. The Morgan fingerprint density at radius 3 is 3.08 bits per heavy atom. The topological polar surface area (TPSA) is 61.5 Å². The molecule has 0 spiro atoms. The monoisotopic (exact) mass is 326 g/mol. The summed E-state index contributed by atoms with van der Waals surface area (Å²) in [4.78, 5) is 17.0. The maximum atomic E-state index is 12.8. The third kappa shape index (κ3) is 2.89. The van der Waals surface area contributed by atoms with E-state index in [0.29, 0.717) is 26.2 Å². The van der Waals surface area contributed by atoms with Gasteiger partial charge in [-0.3, -0.25) is 9.89 Å². The highest BCUT2D eigenvalue weighted by Crippen LogP contribution is 2.28. The number of benzene rings is 1. The predicted octanol–water partition coefficient (Wildman–Crippen LogP) is 1.76. The first-order valence-electron chi connectivity index (χ1n) is 8.52. The lowest BCUT2D eigenvalue weighted by atomic mass is 10.1. The lowest BCUT2D eigenvalue weighted by Crippen LogP contribution is -2.44. The van der Waals surface area contributed by atoms with Gasteiger partial charge in [0.1, 0.15) is 0 Å². The van der Waals surface area contributed by atoms with Gasteiger partial charge < -0.3 is 14.5 Å². The molecule has 1 aromatic heterocycles. The molecule has 24 heavy (non-hydrogen) atoms. The minimum absolute atomic E-state index is 0.0559. The summed E-state index contributed by atoms with van der Waals surface area (Å²) >= 11 is 0. The third-order valence-corrected chi connectivity index (χ3v) is 4.91. The van der Waals surface area contributed by atoms with E-state index in [9.17, 15) is 4.79 Å². The normalized spacial score (nSPS) is 20.2. The van der Waals surface area contributed by atoms with Gasteiger partial charge in [-0.05, 0) is 24.1 Å². The van der Waals surface area contributed by atoms with E-state index in [-0.39, 0.29) is 11.9 Å². The summed E-state index contributed by atoms with van der Waals surface area (Å²) < 4.78 is 5.56. The number of aromatic nitrogens is 2. The quantitative estimate of drug-likeness (QED) is 0.930. The van der Waals surface area contributed by atoms with E-state index in [0.717, 1.165) is 25.2 Å². The number of amides is 1. The van der Waals surface area contributed by atoms with Gasteiger partial charge in [-0.25, -0.2) is 0 Å². The van der Waals surface area contributed by atoms with Crippen LogP contribution in [-0.2, 0) is 16.0 Å². The fourth-order valence-electron chi connectivity index (χ4n) is 3.63. The molecule has 2 aliphatic heterocycles. The van der Waals surface area contributed by atoms with Crippen molar-refractivity contribution >= 4 is 11.6 Å². The molecule has 1 N–H and O–H groups in total. The molecule has 0 radical (unpaired) electrons. The fraction of sp³-hybridized carbons (Fsp3) is 0.444. The molecular weight excluding hydrogens is 304 g/mol. The average molecular weight is 326 g/mol. The molecule has 2 aliphatic rings. The Hall–Kier alpha value is -2.34. The van der Waals surface area contributed by atoms with Crippen LogP contribution in [-0.4, -0.2) is 53.9 Å². The van der Waals surface area contributed by atoms with Crippen molar-refractivity contribution in [3.63, 3.8) is 0 Å². The minimum Gasteiger partial charge on any atom is -0.377 e. The maximum Gasteiger partial charge on any atom is 0.225 e. The van der Waals surface area contributed by atoms with Gasteiger partial charge in [0.2, 0.25) is 5.91 Å². The number of morpholine rings is 1. The van der Waals surface area contributed by atoms with Crippen LogP contribution in [0.4, 0.5) is 5.69 Å². The summed E-state index contributed by atoms with van der Waals surface area (Å²) in [5, 5.41) is 6.97. The number of carbonyl (C=O) groups is 1. The van der Waals surface area contributed by atoms with Gasteiger partial charge in [0.05, 0.1) is 24.9 Å². The zero-order valence-corrected chi connectivity index (χ0v) is 13.6. The van der Waals surface area contributed by atoms with Crippen LogP contribution in [0, 0.1) is 0 Å². The second-order valence-corrected chi connectivity index (χ2v) is 6.31. The van der Waals surface area contributed by atoms with Crippen LogP contribution in [0.2, 0.25) is 0 Å². The molecule has 4 rings (SSSR count). The van der Waals surface area contributed by atoms with E-state index in [4.69, 9.17) is 4.74 Å². The number of hydrogen-bond donors (Lipinski definition) is 1. The van der Waals surface area contributed by atoms with Crippen molar-refractivity contribution in [3.8, 4) is 0 Å². The predicted molar refractivity (Wildman–Crippen MR) is 90.8 cm³/mol. The number of fused-ring (bicyclic) bond motifs is 1. The first-order chi connectivity index (χ1) is 11.8. The van der Waals surface area contributed by atoms with E-state index in [1.54, 1.807) is 6.20 Å². The van der Waals surface area contributed by atoms with Crippen molar-refractivity contribution in [1.82, 2.24) is 15.1 Å². The lowest BCUT2D eigenvalue weighted by molar-refractivity contribution is -0.140. The summed E-state index contributed by atoms with van der Waals surface area (Å²) in [6.07, 6.45) is 3.31. The standard InChI is InChI=1S/C18H22N4O2/c23-18(7-10-21-9-6-14-3-1-2-4-16(14)21)22-11-12-24-13-17(22)15-5-8-19-20-15/h1-5,8,17H,6-7,9-13H2,(H,19,20). The summed E-state index contributed by atoms with van der Waals surface area (Å²) in [5.74, 6) is 0.183. The van der Waals surface area contributed by atoms with Crippen molar-refractivity contribution in [1.29, 1.82) is 0 Å². The SMILES string of the molecule is O=C(CCN1CCc2ccccc21)N1CCOCC1c1ccn[nH]1. The molecule has 6 nitrogen and oxygen atoms in total. The summed E-state index contributed by atoms with van der Waals surface area (Å²) in [6, 6.07) is 10.3. The summed E-state index contributed by atoms with van der Waals surface area (Å²) in [7, 11) is 0. The van der Waals surface area contributed by atoms with E-state index in [1.807, 2.05) is 11.0 Å². The Balaban J connectivity index is 1.40. The van der Waals surface area contributed by atoms with Gasteiger partial charge in [-0.2, -0.15) is 5.10 Å². The van der Waals surface area contributed by atoms with Crippen LogP contribution in [0.25, 0.3) is 0 Å². The molecule has 126 valence electrons. The minimum atomic E-state index is -0.0559. The van der Waals surface area contributed by atoms with Gasteiger partial charge >= 0.3 is 0 Å². The zero-order valence-electron chi connectivity index (χ0n) is 13.6. The number of nitrogens with zero attached hydrogens (tertiary/aromatic N) is 3. The Labute approximate surface area is 141 Å². The van der Waals surface area contributed by atoms with Crippen molar-refractivity contribution < 1.29 is 9.53 Å². The molecule has 1 amide bonds. The molecule has 2 aromatic rings. The lowest BCUT2D eigenvalue weighted by Gasteiger charge is -2.35. The Morgan fingerprint density at radius 2 is 2.21 bits per heavy atom. The van der Waals surface area contributed by atoms with Crippen LogP contribution < -0.4 is 4.90 Å². The van der Waals surface area contributed by atoms with Gasteiger partial charge in [-0.15, -0.1) is 0 Å². The number of H-pyrrole nitrogens is 1. The van der Waals surface area contributed by atoms with E-state index < -0.39 is 0 Å². The average Bonchev–Trinajstić information content (AvgIpc) is 3.30. The summed E-state index contributed by atoms with van der Waals surface area (Å²) in [6.45, 7) is 3.53. The fourth-order valence-corrected chi connectivity index (χ4v) is 3.63. The highest BCUT2D eigenvalue weighted by Gasteiger charge is 2.30. The van der Waals surface area contributed by atoms with Crippen molar-refractivity contribution in [2.24, 2.45) is 0 Å². The first-order valence-corrected chi connectivity index (χ1v) is 8.52. The Morgan fingerprint density at radius 1 is 1.29 bits per heavy atom. The van der Waals surface area contributed by atoms with Gasteiger partial charge in [0, 0.05) is 37.9 Å². The molecule has 1 fully saturated rings. The Kier molecular flexibility index (Phi) is 4.21. The molecule has 1 atom stereocenters. The number of ether oxygens (including phenoxy) is 1. The molecule has 1 saturated heterocycles. The Bertz CT molecular complexity index is 701. The molecule has 6 heteroatoms. The van der Waals surface area contributed by atoms with E-state index >= 15 is 0 Å². The van der Waals surface area contributed by atoms with Crippen LogP contribution in [0.3, 0.4) is 0 Å². The molecule has 0 saturated carbocycles. The summed E-state index contributed by atoms with van der Waals surface area (Å²) in [5.41, 5.74) is 3.60.